The highest BCUT2D eigenvalue weighted by atomic mass is 35.5. The average Bonchev–Trinajstić information content (AvgIpc) is 2.67. The second-order valence-corrected chi connectivity index (χ2v) is 7.51. The Morgan fingerprint density at radius 2 is 2.10 bits per heavy atom. The zero-order chi connectivity index (χ0) is 22.5. The molecule has 2 rings (SSSR count). The van der Waals surface area contributed by atoms with E-state index in [0.717, 1.165) is 6.92 Å². The predicted octanol–water partition coefficient (Wildman–Crippen LogP) is 5.03. The van der Waals surface area contributed by atoms with Crippen LogP contribution in [-0.4, -0.2) is 23.2 Å². The van der Waals surface area contributed by atoms with E-state index >= 15 is 0 Å². The summed E-state index contributed by atoms with van der Waals surface area (Å²) in [7, 11) is 0. The number of carbonyl (C=O) groups is 2. The smallest absolute Gasteiger partial charge is 0.392 e. The number of anilines is 1. The highest BCUT2D eigenvalue weighted by Crippen LogP contribution is 2.39. The number of aryl methyl sites for hydroxylation is 1. The van der Waals surface area contributed by atoms with Crippen LogP contribution in [0.5, 0.6) is 0 Å². The molecule has 160 valence electrons. The Kier molecular flexibility index (Phi) is 7.68. The molecule has 9 heteroatoms. The summed E-state index contributed by atoms with van der Waals surface area (Å²) in [6.07, 6.45) is 0.0895. The van der Waals surface area contributed by atoms with Crippen molar-refractivity contribution in [1.29, 1.82) is 5.26 Å². The van der Waals surface area contributed by atoms with Crippen molar-refractivity contribution >= 4 is 29.2 Å². The SMILES string of the molecule is C[C@H]([C@H](C(=O)Nc1cc(CCC(=O)O)ccc1C#N)C1C=CC(Cl)=CC1)C(F)(F)F. The summed E-state index contributed by atoms with van der Waals surface area (Å²) in [5, 5.41) is 20.9. The number of carboxylic acid groups (broad SMARTS) is 1. The van der Waals surface area contributed by atoms with Crippen molar-refractivity contribution in [3.8, 4) is 6.07 Å². The van der Waals surface area contributed by atoms with Crippen LogP contribution < -0.4 is 5.32 Å². The highest BCUT2D eigenvalue weighted by Gasteiger charge is 2.46. The molecule has 0 heterocycles. The number of hydrogen-bond acceptors (Lipinski definition) is 3. The third-order valence-electron chi connectivity index (χ3n) is 5.00. The molecular weight excluding hydrogens is 421 g/mol. The molecule has 30 heavy (non-hydrogen) atoms. The van der Waals surface area contributed by atoms with Crippen molar-refractivity contribution in [2.45, 2.75) is 32.4 Å². The number of allylic oxidation sites excluding steroid dienone is 4. The summed E-state index contributed by atoms with van der Waals surface area (Å²) in [5.41, 5.74) is 0.667. The van der Waals surface area contributed by atoms with Crippen LogP contribution in [0.3, 0.4) is 0 Å². The van der Waals surface area contributed by atoms with Crippen molar-refractivity contribution in [2.24, 2.45) is 17.8 Å². The van der Waals surface area contributed by atoms with E-state index in [9.17, 15) is 28.0 Å². The Balaban J connectivity index is 2.32. The molecule has 0 saturated heterocycles. The van der Waals surface area contributed by atoms with Gasteiger partial charge in [-0.15, -0.1) is 0 Å². The summed E-state index contributed by atoms with van der Waals surface area (Å²) < 4.78 is 40.4. The molecule has 1 aromatic rings. The number of halogens is 4. The number of nitrogens with one attached hydrogen (secondary N) is 1. The van der Waals surface area contributed by atoms with Gasteiger partial charge in [0.1, 0.15) is 6.07 Å². The zero-order valence-corrected chi connectivity index (χ0v) is 16.8. The van der Waals surface area contributed by atoms with Crippen molar-refractivity contribution in [2.75, 3.05) is 5.32 Å². The van der Waals surface area contributed by atoms with E-state index in [4.69, 9.17) is 16.7 Å². The topological polar surface area (TPSA) is 90.2 Å². The molecule has 1 unspecified atom stereocenters. The molecule has 2 N–H and O–H groups in total. The first-order valence-corrected chi connectivity index (χ1v) is 9.57. The summed E-state index contributed by atoms with van der Waals surface area (Å²) in [4.78, 5) is 23.7. The third kappa shape index (κ3) is 6.10. The Bertz CT molecular complexity index is 919. The number of carbonyl (C=O) groups excluding carboxylic acids is 1. The molecule has 0 fully saturated rings. The number of hydrogen-bond donors (Lipinski definition) is 2. The Hall–Kier alpha value is -2.79. The van der Waals surface area contributed by atoms with Gasteiger partial charge in [-0.3, -0.25) is 9.59 Å². The molecule has 0 saturated carbocycles. The molecule has 1 amide bonds. The van der Waals surface area contributed by atoms with Gasteiger partial charge in [-0.25, -0.2) is 0 Å². The molecule has 1 aliphatic rings. The van der Waals surface area contributed by atoms with Crippen LogP contribution in [0, 0.1) is 29.1 Å². The van der Waals surface area contributed by atoms with Crippen LogP contribution in [0.1, 0.15) is 30.9 Å². The fourth-order valence-corrected chi connectivity index (χ4v) is 3.45. The van der Waals surface area contributed by atoms with E-state index < -0.39 is 35.8 Å². The van der Waals surface area contributed by atoms with Gasteiger partial charge in [0.2, 0.25) is 5.91 Å². The summed E-state index contributed by atoms with van der Waals surface area (Å²) in [6, 6.07) is 6.25. The first-order valence-electron chi connectivity index (χ1n) is 9.19. The van der Waals surface area contributed by atoms with Gasteiger partial charge in [0, 0.05) is 11.5 Å². The van der Waals surface area contributed by atoms with E-state index in [1.54, 1.807) is 12.1 Å². The minimum atomic E-state index is -4.60. The van der Waals surface area contributed by atoms with E-state index in [2.05, 4.69) is 5.32 Å². The maximum absolute atomic E-state index is 13.5. The number of nitriles is 1. The van der Waals surface area contributed by atoms with Crippen molar-refractivity contribution < 1.29 is 27.9 Å². The highest BCUT2D eigenvalue weighted by molar-refractivity contribution is 6.31. The Morgan fingerprint density at radius 1 is 1.40 bits per heavy atom. The lowest BCUT2D eigenvalue weighted by Crippen LogP contribution is -2.40. The van der Waals surface area contributed by atoms with Crippen molar-refractivity contribution in [3.63, 3.8) is 0 Å². The largest absolute Gasteiger partial charge is 0.481 e. The fourth-order valence-electron chi connectivity index (χ4n) is 3.29. The van der Waals surface area contributed by atoms with E-state index in [1.807, 2.05) is 6.07 Å². The summed E-state index contributed by atoms with van der Waals surface area (Å²) >= 11 is 5.85. The standard InChI is InChI=1S/C21H20ClF3N2O3/c1-12(21(23,24)25)19(14-5-7-16(22)8-6-14)20(30)27-17-10-13(3-9-18(28)29)2-4-15(17)11-26/h2,4-5,7-8,10,12,14,19H,3,6,9H2,1H3,(H,27,30)(H,28,29)/t12-,14?,19+/m1/s1. The maximum atomic E-state index is 13.5. The van der Waals surface area contributed by atoms with Crippen LogP contribution in [0.25, 0.3) is 0 Å². The van der Waals surface area contributed by atoms with Gasteiger partial charge in [-0.1, -0.05) is 36.7 Å². The number of aliphatic carboxylic acids is 1. The first-order chi connectivity index (χ1) is 14.0. The van der Waals surface area contributed by atoms with Crippen LogP contribution in [0.15, 0.2) is 41.5 Å². The van der Waals surface area contributed by atoms with Gasteiger partial charge in [0.05, 0.1) is 23.1 Å². The number of benzene rings is 1. The molecule has 0 aliphatic heterocycles. The maximum Gasteiger partial charge on any atom is 0.392 e. The second kappa shape index (κ2) is 9.81. The quantitative estimate of drug-likeness (QED) is 0.622. The van der Waals surface area contributed by atoms with E-state index in [-0.39, 0.29) is 30.5 Å². The molecule has 0 aromatic heterocycles. The molecule has 1 aliphatic carbocycles. The van der Waals surface area contributed by atoms with Gasteiger partial charge >= 0.3 is 12.1 Å². The van der Waals surface area contributed by atoms with Crippen LogP contribution in [0.4, 0.5) is 18.9 Å². The van der Waals surface area contributed by atoms with Crippen LogP contribution in [-0.2, 0) is 16.0 Å². The fraction of sp³-hybridized carbons (Fsp3) is 0.381. The van der Waals surface area contributed by atoms with Crippen molar-refractivity contribution in [3.05, 3.63) is 52.6 Å². The normalized spacial score (nSPS) is 18.1. The zero-order valence-electron chi connectivity index (χ0n) is 16.0. The van der Waals surface area contributed by atoms with Gasteiger partial charge in [0.15, 0.2) is 0 Å². The summed E-state index contributed by atoms with van der Waals surface area (Å²) in [5.74, 6) is -5.97. The molecule has 0 bridgehead atoms. The molecule has 0 spiro atoms. The molecule has 3 atom stereocenters. The lowest BCUT2D eigenvalue weighted by Gasteiger charge is -2.31. The molecule has 0 radical (unpaired) electrons. The summed E-state index contributed by atoms with van der Waals surface area (Å²) in [6.45, 7) is 0.951. The average molecular weight is 441 g/mol. The van der Waals surface area contributed by atoms with Crippen LogP contribution in [0.2, 0.25) is 0 Å². The Labute approximate surface area is 176 Å². The van der Waals surface area contributed by atoms with E-state index in [1.165, 1.54) is 24.3 Å². The van der Waals surface area contributed by atoms with Crippen LogP contribution >= 0.6 is 11.6 Å². The molecule has 5 nitrogen and oxygen atoms in total. The lowest BCUT2D eigenvalue weighted by molar-refractivity contribution is -0.188. The predicted molar refractivity (Wildman–Crippen MR) is 106 cm³/mol. The van der Waals surface area contributed by atoms with Gasteiger partial charge < -0.3 is 10.4 Å². The Morgan fingerprint density at radius 3 is 2.63 bits per heavy atom. The number of alkyl halides is 3. The molecular formula is C21H20ClF3N2O3. The monoisotopic (exact) mass is 440 g/mol. The third-order valence-corrected chi connectivity index (χ3v) is 5.28. The minimum absolute atomic E-state index is 0.0538. The second-order valence-electron chi connectivity index (χ2n) is 7.08. The van der Waals surface area contributed by atoms with E-state index in [0.29, 0.717) is 10.6 Å². The van der Waals surface area contributed by atoms with Crippen molar-refractivity contribution in [1.82, 2.24) is 0 Å². The minimum Gasteiger partial charge on any atom is -0.481 e. The van der Waals surface area contributed by atoms with Gasteiger partial charge in [0.25, 0.3) is 0 Å². The lowest BCUT2D eigenvalue weighted by atomic mass is 9.78. The van der Waals surface area contributed by atoms with Gasteiger partial charge in [-0.2, -0.15) is 18.4 Å². The number of amides is 1. The number of carboxylic acids is 1. The number of nitrogens with zero attached hydrogens (tertiary/aromatic N) is 1. The number of rotatable bonds is 7. The van der Waals surface area contributed by atoms with Gasteiger partial charge in [-0.05, 0) is 42.5 Å². The first kappa shape index (κ1) is 23.5. The molecule has 1 aromatic carbocycles.